The molecular formula is C17H23N. The third-order valence-electron chi connectivity index (χ3n) is 5.47. The third-order valence-corrected chi connectivity index (χ3v) is 5.47. The van der Waals surface area contributed by atoms with Gasteiger partial charge in [0.15, 0.2) is 0 Å². The summed E-state index contributed by atoms with van der Waals surface area (Å²) in [7, 11) is 0. The number of fused-ring (bicyclic) bond motifs is 3. The highest BCUT2D eigenvalue weighted by Crippen LogP contribution is 2.46. The zero-order valence-electron chi connectivity index (χ0n) is 11.1. The van der Waals surface area contributed by atoms with Gasteiger partial charge in [0.2, 0.25) is 0 Å². The van der Waals surface area contributed by atoms with E-state index in [-0.39, 0.29) is 0 Å². The molecular weight excluding hydrogens is 218 g/mol. The summed E-state index contributed by atoms with van der Waals surface area (Å²) in [5.41, 5.74) is 4.70. The second-order valence-corrected chi connectivity index (χ2v) is 6.58. The van der Waals surface area contributed by atoms with Crippen LogP contribution >= 0.6 is 0 Å². The Morgan fingerprint density at radius 3 is 2.78 bits per heavy atom. The molecule has 2 saturated carbocycles. The first kappa shape index (κ1) is 10.9. The number of aryl methyl sites for hydroxylation is 1. The Kier molecular flexibility index (Phi) is 2.60. The van der Waals surface area contributed by atoms with E-state index in [0.717, 1.165) is 17.9 Å². The summed E-state index contributed by atoms with van der Waals surface area (Å²) in [6.07, 6.45) is 11.2. The summed E-state index contributed by atoms with van der Waals surface area (Å²) < 4.78 is 0. The van der Waals surface area contributed by atoms with Crippen molar-refractivity contribution in [2.75, 3.05) is 5.32 Å². The van der Waals surface area contributed by atoms with Crippen molar-refractivity contribution < 1.29 is 0 Å². The van der Waals surface area contributed by atoms with Gasteiger partial charge in [-0.3, -0.25) is 0 Å². The Labute approximate surface area is 110 Å². The van der Waals surface area contributed by atoms with E-state index in [1.807, 2.05) is 0 Å². The number of anilines is 1. The molecule has 0 spiro atoms. The molecule has 1 aromatic carbocycles. The quantitative estimate of drug-likeness (QED) is 0.819. The maximum absolute atomic E-state index is 3.90. The van der Waals surface area contributed by atoms with Gasteiger partial charge in [0.05, 0.1) is 0 Å². The summed E-state index contributed by atoms with van der Waals surface area (Å²) in [5.74, 6) is 2.00. The molecule has 3 aliphatic rings. The zero-order chi connectivity index (χ0) is 11.9. The van der Waals surface area contributed by atoms with Gasteiger partial charge in [-0.05, 0) is 74.0 Å². The number of benzene rings is 1. The van der Waals surface area contributed by atoms with Crippen LogP contribution in [0, 0.1) is 11.8 Å². The van der Waals surface area contributed by atoms with Crippen LogP contribution in [0.2, 0.25) is 0 Å². The van der Waals surface area contributed by atoms with Crippen molar-refractivity contribution in [2.24, 2.45) is 11.8 Å². The molecule has 0 radical (unpaired) electrons. The number of nitrogens with one attached hydrogen (secondary N) is 1. The van der Waals surface area contributed by atoms with E-state index < -0.39 is 0 Å². The second kappa shape index (κ2) is 4.29. The molecule has 0 heterocycles. The molecule has 2 bridgehead atoms. The SMILES string of the molecule is c1cc2c(c(NC3CC4CCC3C4)c1)CCCC2. The molecule has 3 unspecified atom stereocenters. The fourth-order valence-corrected chi connectivity index (χ4v) is 4.54. The minimum atomic E-state index is 0.775. The predicted octanol–water partition coefficient (Wildman–Crippen LogP) is 4.17. The minimum absolute atomic E-state index is 0.775. The molecule has 18 heavy (non-hydrogen) atoms. The lowest BCUT2D eigenvalue weighted by molar-refractivity contribution is 0.439. The normalized spacial score (nSPS) is 33.4. The number of hydrogen-bond donors (Lipinski definition) is 1. The Bertz CT molecular complexity index is 451. The van der Waals surface area contributed by atoms with Gasteiger partial charge in [0.1, 0.15) is 0 Å². The van der Waals surface area contributed by atoms with Gasteiger partial charge in [0, 0.05) is 11.7 Å². The molecule has 2 fully saturated rings. The summed E-state index contributed by atoms with van der Waals surface area (Å²) in [5, 5.41) is 3.90. The minimum Gasteiger partial charge on any atom is -0.382 e. The topological polar surface area (TPSA) is 12.0 Å². The van der Waals surface area contributed by atoms with Crippen molar-refractivity contribution >= 4 is 5.69 Å². The van der Waals surface area contributed by atoms with Crippen LogP contribution in [-0.4, -0.2) is 6.04 Å². The Balaban J connectivity index is 1.58. The molecule has 3 aliphatic carbocycles. The number of rotatable bonds is 2. The molecule has 4 rings (SSSR count). The molecule has 0 aromatic heterocycles. The molecule has 1 N–H and O–H groups in total. The summed E-state index contributed by atoms with van der Waals surface area (Å²) in [4.78, 5) is 0. The van der Waals surface area contributed by atoms with Crippen molar-refractivity contribution in [1.82, 2.24) is 0 Å². The van der Waals surface area contributed by atoms with E-state index in [0.29, 0.717) is 0 Å². The molecule has 0 saturated heterocycles. The van der Waals surface area contributed by atoms with Gasteiger partial charge in [-0.2, -0.15) is 0 Å². The van der Waals surface area contributed by atoms with Gasteiger partial charge in [0.25, 0.3) is 0 Å². The van der Waals surface area contributed by atoms with Crippen molar-refractivity contribution in [2.45, 2.75) is 57.4 Å². The highest BCUT2D eigenvalue weighted by Gasteiger charge is 2.39. The predicted molar refractivity (Wildman–Crippen MR) is 75.9 cm³/mol. The molecule has 0 amide bonds. The van der Waals surface area contributed by atoms with Gasteiger partial charge in [-0.1, -0.05) is 18.6 Å². The van der Waals surface area contributed by atoms with Crippen LogP contribution in [0.1, 0.15) is 49.7 Å². The monoisotopic (exact) mass is 241 g/mol. The smallest absolute Gasteiger partial charge is 0.0377 e. The molecule has 0 aliphatic heterocycles. The first-order chi connectivity index (χ1) is 8.90. The van der Waals surface area contributed by atoms with Crippen molar-refractivity contribution in [3.05, 3.63) is 29.3 Å². The standard InChI is InChI=1S/C17H23N/c1-2-6-15-13(4-1)5-3-7-16(15)18-17-11-12-8-9-14(17)10-12/h3,5,7,12,14,17-18H,1-2,4,6,8-11H2. The zero-order valence-corrected chi connectivity index (χ0v) is 11.1. The highest BCUT2D eigenvalue weighted by atomic mass is 14.9. The van der Waals surface area contributed by atoms with Gasteiger partial charge < -0.3 is 5.32 Å². The summed E-state index contributed by atoms with van der Waals surface area (Å²) in [6.45, 7) is 0. The van der Waals surface area contributed by atoms with E-state index in [1.54, 1.807) is 11.1 Å². The fourth-order valence-electron chi connectivity index (χ4n) is 4.54. The Morgan fingerprint density at radius 2 is 1.94 bits per heavy atom. The van der Waals surface area contributed by atoms with Crippen LogP contribution < -0.4 is 5.32 Å². The van der Waals surface area contributed by atoms with Crippen LogP contribution in [0.25, 0.3) is 0 Å². The van der Waals surface area contributed by atoms with Gasteiger partial charge in [-0.25, -0.2) is 0 Å². The van der Waals surface area contributed by atoms with E-state index in [2.05, 4.69) is 23.5 Å². The lowest BCUT2D eigenvalue weighted by atomic mass is 9.89. The van der Waals surface area contributed by atoms with Crippen molar-refractivity contribution in [3.8, 4) is 0 Å². The highest BCUT2D eigenvalue weighted by molar-refractivity contribution is 5.56. The lowest BCUT2D eigenvalue weighted by Crippen LogP contribution is -2.26. The van der Waals surface area contributed by atoms with Crippen LogP contribution in [0.4, 0.5) is 5.69 Å². The average Bonchev–Trinajstić information content (AvgIpc) is 3.01. The van der Waals surface area contributed by atoms with Crippen LogP contribution in [0.5, 0.6) is 0 Å². The number of hydrogen-bond acceptors (Lipinski definition) is 1. The van der Waals surface area contributed by atoms with Gasteiger partial charge in [-0.15, -0.1) is 0 Å². The maximum atomic E-state index is 3.90. The van der Waals surface area contributed by atoms with E-state index in [1.165, 1.54) is 57.1 Å². The Morgan fingerprint density at radius 1 is 1.00 bits per heavy atom. The first-order valence-electron chi connectivity index (χ1n) is 7.77. The first-order valence-corrected chi connectivity index (χ1v) is 7.77. The van der Waals surface area contributed by atoms with Crippen molar-refractivity contribution in [1.29, 1.82) is 0 Å². The van der Waals surface area contributed by atoms with Crippen LogP contribution in [0.3, 0.4) is 0 Å². The maximum Gasteiger partial charge on any atom is 0.0377 e. The Hall–Kier alpha value is -0.980. The molecule has 1 heteroatoms. The van der Waals surface area contributed by atoms with Crippen LogP contribution in [0.15, 0.2) is 18.2 Å². The largest absolute Gasteiger partial charge is 0.382 e. The molecule has 96 valence electrons. The molecule has 1 nitrogen and oxygen atoms in total. The third kappa shape index (κ3) is 1.75. The van der Waals surface area contributed by atoms with Crippen LogP contribution in [-0.2, 0) is 12.8 Å². The summed E-state index contributed by atoms with van der Waals surface area (Å²) >= 11 is 0. The van der Waals surface area contributed by atoms with E-state index in [9.17, 15) is 0 Å². The van der Waals surface area contributed by atoms with Gasteiger partial charge >= 0.3 is 0 Å². The summed E-state index contributed by atoms with van der Waals surface area (Å²) in [6, 6.07) is 7.67. The van der Waals surface area contributed by atoms with E-state index in [4.69, 9.17) is 0 Å². The lowest BCUT2D eigenvalue weighted by Gasteiger charge is -2.27. The average molecular weight is 241 g/mol. The van der Waals surface area contributed by atoms with Crippen molar-refractivity contribution in [3.63, 3.8) is 0 Å². The van der Waals surface area contributed by atoms with E-state index >= 15 is 0 Å². The second-order valence-electron chi connectivity index (χ2n) is 6.58. The molecule has 3 atom stereocenters. The molecule has 1 aromatic rings. The fraction of sp³-hybridized carbons (Fsp3) is 0.647.